The third-order valence-corrected chi connectivity index (χ3v) is 3.91. The van der Waals surface area contributed by atoms with Gasteiger partial charge in [-0.15, -0.1) is 0 Å². The third kappa shape index (κ3) is 2.25. The van der Waals surface area contributed by atoms with Crippen LogP contribution in [0, 0.1) is 28.5 Å². The monoisotopic (exact) mass is 310 g/mol. The Labute approximate surface area is 113 Å². The zero-order chi connectivity index (χ0) is 13.3. The first kappa shape index (κ1) is 13.0. The van der Waals surface area contributed by atoms with Gasteiger partial charge in [-0.1, -0.05) is 6.92 Å². The van der Waals surface area contributed by atoms with Crippen LogP contribution in [-0.4, -0.2) is 5.91 Å². The Kier molecular flexibility index (Phi) is 3.40. The predicted molar refractivity (Wildman–Crippen MR) is 69.2 cm³/mol. The fourth-order valence-corrected chi connectivity index (χ4v) is 2.64. The van der Waals surface area contributed by atoms with Crippen LogP contribution in [-0.2, 0) is 4.79 Å². The summed E-state index contributed by atoms with van der Waals surface area (Å²) < 4.78 is 13.7. The molecule has 94 valence electrons. The molecule has 0 unspecified atom stereocenters. The lowest BCUT2D eigenvalue weighted by molar-refractivity contribution is -0.128. The molecule has 1 aliphatic carbocycles. The van der Waals surface area contributed by atoms with Crippen molar-refractivity contribution in [1.82, 2.24) is 0 Å². The number of nitriles is 1. The quantitative estimate of drug-likeness (QED) is 0.909. The van der Waals surface area contributed by atoms with Gasteiger partial charge in [0.05, 0.1) is 11.8 Å². The lowest BCUT2D eigenvalue weighted by Crippen LogP contribution is -2.45. The molecular formula is C13H12BrFN2O. The summed E-state index contributed by atoms with van der Waals surface area (Å²) in [5.74, 6) is -0.401. The van der Waals surface area contributed by atoms with E-state index in [1.807, 2.05) is 6.92 Å². The number of rotatable bonds is 2. The highest BCUT2D eigenvalue weighted by molar-refractivity contribution is 9.10. The third-order valence-electron chi connectivity index (χ3n) is 3.22. The van der Waals surface area contributed by atoms with Crippen molar-refractivity contribution in [3.8, 4) is 6.07 Å². The molecule has 1 aliphatic rings. The van der Waals surface area contributed by atoms with Crippen LogP contribution in [0.3, 0.4) is 0 Å². The number of carbonyl (C=O) groups is 1. The van der Waals surface area contributed by atoms with E-state index in [-0.39, 0.29) is 5.91 Å². The van der Waals surface area contributed by atoms with E-state index in [1.165, 1.54) is 18.2 Å². The Bertz CT molecular complexity index is 532. The Hall–Kier alpha value is -1.41. The van der Waals surface area contributed by atoms with Crippen LogP contribution in [0.1, 0.15) is 19.8 Å². The molecule has 0 aliphatic heterocycles. The average molecular weight is 311 g/mol. The highest BCUT2D eigenvalue weighted by atomic mass is 79.9. The Balaban J connectivity index is 2.17. The molecule has 5 heteroatoms. The van der Waals surface area contributed by atoms with Crippen molar-refractivity contribution < 1.29 is 9.18 Å². The van der Waals surface area contributed by atoms with Crippen LogP contribution in [0.5, 0.6) is 0 Å². The normalized spacial score (nSPS) is 26.0. The number of hydrogen-bond donors (Lipinski definition) is 1. The Morgan fingerprint density at radius 1 is 1.61 bits per heavy atom. The second-order valence-corrected chi connectivity index (χ2v) is 5.64. The molecule has 1 aromatic carbocycles. The number of anilines is 1. The van der Waals surface area contributed by atoms with Crippen LogP contribution in [0.25, 0.3) is 0 Å². The molecule has 18 heavy (non-hydrogen) atoms. The highest BCUT2D eigenvalue weighted by Crippen LogP contribution is 2.45. The van der Waals surface area contributed by atoms with Crippen LogP contribution in [0.2, 0.25) is 0 Å². The van der Waals surface area contributed by atoms with Crippen molar-refractivity contribution in [3.63, 3.8) is 0 Å². The van der Waals surface area contributed by atoms with Crippen LogP contribution in [0.4, 0.5) is 10.1 Å². The minimum Gasteiger partial charge on any atom is -0.324 e. The van der Waals surface area contributed by atoms with Crippen LogP contribution < -0.4 is 5.32 Å². The van der Waals surface area contributed by atoms with Crippen molar-refractivity contribution in [2.45, 2.75) is 19.8 Å². The second kappa shape index (κ2) is 4.69. The first-order valence-corrected chi connectivity index (χ1v) is 6.44. The number of amides is 1. The van der Waals surface area contributed by atoms with Gasteiger partial charge in [0.2, 0.25) is 5.91 Å². The van der Waals surface area contributed by atoms with Crippen LogP contribution in [0.15, 0.2) is 22.7 Å². The number of nitrogens with one attached hydrogen (secondary N) is 1. The van der Waals surface area contributed by atoms with E-state index < -0.39 is 11.2 Å². The fourth-order valence-electron chi connectivity index (χ4n) is 2.29. The van der Waals surface area contributed by atoms with Crippen molar-refractivity contribution in [1.29, 1.82) is 5.26 Å². The summed E-state index contributed by atoms with van der Waals surface area (Å²) in [5.41, 5.74) is -0.597. The summed E-state index contributed by atoms with van der Waals surface area (Å²) in [4.78, 5) is 12.1. The number of halogens is 2. The van der Waals surface area contributed by atoms with Gasteiger partial charge in [-0.3, -0.25) is 4.79 Å². The minimum absolute atomic E-state index is 0.352. The molecule has 1 amide bonds. The second-order valence-electron chi connectivity index (χ2n) is 4.79. The topological polar surface area (TPSA) is 52.9 Å². The van der Waals surface area contributed by atoms with E-state index in [0.717, 1.165) is 0 Å². The van der Waals surface area contributed by atoms with Crippen molar-refractivity contribution in [3.05, 3.63) is 28.5 Å². The first-order chi connectivity index (χ1) is 8.47. The SMILES string of the molecule is CC1CC(C#N)(C(=O)Nc2cc(F)ccc2Br)C1. The number of carbonyl (C=O) groups excluding carboxylic acids is 1. The van der Waals surface area contributed by atoms with E-state index in [2.05, 4.69) is 27.3 Å². The van der Waals surface area contributed by atoms with Crippen molar-refractivity contribution in [2.75, 3.05) is 5.32 Å². The molecule has 3 nitrogen and oxygen atoms in total. The van der Waals surface area contributed by atoms with Gasteiger partial charge < -0.3 is 5.32 Å². The summed E-state index contributed by atoms with van der Waals surface area (Å²) in [6.45, 7) is 2.00. The van der Waals surface area contributed by atoms with Gasteiger partial charge in [-0.25, -0.2) is 4.39 Å². The van der Waals surface area contributed by atoms with Gasteiger partial charge in [-0.05, 0) is 52.9 Å². The standard InChI is InChI=1S/C13H12BrFN2O/c1-8-5-13(6-8,7-16)12(18)17-11-4-9(15)2-3-10(11)14/h2-4,8H,5-6H2,1H3,(H,17,18). The number of hydrogen-bond acceptors (Lipinski definition) is 2. The zero-order valence-electron chi connectivity index (χ0n) is 9.84. The van der Waals surface area contributed by atoms with Gasteiger partial charge in [0, 0.05) is 4.47 Å². The molecule has 0 atom stereocenters. The molecule has 0 radical (unpaired) electrons. The molecule has 0 aromatic heterocycles. The highest BCUT2D eigenvalue weighted by Gasteiger charge is 2.49. The minimum atomic E-state index is -0.953. The summed E-state index contributed by atoms with van der Waals surface area (Å²) in [6.07, 6.45) is 1.12. The van der Waals surface area contributed by atoms with Crippen molar-refractivity contribution in [2.24, 2.45) is 11.3 Å². The van der Waals surface area contributed by atoms with Gasteiger partial charge in [0.1, 0.15) is 11.2 Å². The molecule has 0 heterocycles. The lowest BCUT2D eigenvalue weighted by Gasteiger charge is -2.39. The first-order valence-electron chi connectivity index (χ1n) is 5.64. The van der Waals surface area contributed by atoms with Gasteiger partial charge >= 0.3 is 0 Å². The summed E-state index contributed by atoms with van der Waals surface area (Å²) in [7, 11) is 0. The molecule has 0 saturated heterocycles. The molecule has 0 bridgehead atoms. The van der Waals surface area contributed by atoms with Crippen LogP contribution >= 0.6 is 15.9 Å². The maximum Gasteiger partial charge on any atom is 0.244 e. The van der Waals surface area contributed by atoms with Crippen molar-refractivity contribution >= 4 is 27.5 Å². The Morgan fingerprint density at radius 3 is 2.83 bits per heavy atom. The van der Waals surface area contributed by atoms with E-state index in [1.54, 1.807) is 0 Å². The number of benzene rings is 1. The summed E-state index contributed by atoms with van der Waals surface area (Å²) in [5, 5.41) is 11.7. The largest absolute Gasteiger partial charge is 0.324 e. The maximum atomic E-state index is 13.1. The molecular weight excluding hydrogens is 299 g/mol. The van der Waals surface area contributed by atoms with Gasteiger partial charge in [0.15, 0.2) is 0 Å². The van der Waals surface area contributed by atoms with Gasteiger partial charge in [-0.2, -0.15) is 5.26 Å². The molecule has 1 aromatic rings. The molecule has 2 rings (SSSR count). The maximum absolute atomic E-state index is 13.1. The fraction of sp³-hybridized carbons (Fsp3) is 0.385. The average Bonchev–Trinajstić information content (AvgIpc) is 2.29. The van der Waals surface area contributed by atoms with Gasteiger partial charge in [0.25, 0.3) is 0 Å². The number of nitrogens with zero attached hydrogens (tertiary/aromatic N) is 1. The Morgan fingerprint density at radius 2 is 2.28 bits per heavy atom. The van der Waals surface area contributed by atoms with E-state index >= 15 is 0 Å². The lowest BCUT2D eigenvalue weighted by atomic mass is 9.63. The molecule has 1 saturated carbocycles. The van der Waals surface area contributed by atoms with E-state index in [0.29, 0.717) is 28.9 Å². The smallest absolute Gasteiger partial charge is 0.244 e. The van der Waals surface area contributed by atoms with E-state index in [9.17, 15) is 9.18 Å². The molecule has 1 N–H and O–H groups in total. The molecule has 0 spiro atoms. The summed E-state index contributed by atoms with van der Waals surface area (Å²) >= 11 is 3.24. The zero-order valence-corrected chi connectivity index (χ0v) is 11.4. The summed E-state index contributed by atoms with van der Waals surface area (Å²) in [6, 6.07) is 6.13. The molecule has 1 fully saturated rings. The van der Waals surface area contributed by atoms with E-state index in [4.69, 9.17) is 5.26 Å². The predicted octanol–water partition coefficient (Wildman–Crippen LogP) is 3.47.